The number of nitrogens with zero attached hydrogens (tertiary/aromatic N) is 1. The number of nitrogens with one attached hydrogen (secondary N) is 1. The molecule has 1 aromatic rings. The molecule has 5 heteroatoms. The second kappa shape index (κ2) is 6.66. The maximum atomic E-state index is 10.3. The van der Waals surface area contributed by atoms with Gasteiger partial charge in [-0.15, -0.1) is 0 Å². The van der Waals surface area contributed by atoms with Crippen LogP contribution in [0.2, 0.25) is 0 Å². The Balaban J connectivity index is 2.29. The van der Waals surface area contributed by atoms with E-state index in [1.807, 2.05) is 13.0 Å². The number of hydrogen-bond acceptors (Lipinski definition) is 4. The van der Waals surface area contributed by atoms with Crippen molar-refractivity contribution in [3.8, 4) is 5.88 Å². The van der Waals surface area contributed by atoms with Gasteiger partial charge in [0.1, 0.15) is 0 Å². The van der Waals surface area contributed by atoms with Crippen molar-refractivity contribution >= 4 is 11.7 Å². The molecule has 1 aromatic heterocycles. The van der Waals surface area contributed by atoms with Crippen molar-refractivity contribution in [2.75, 3.05) is 18.5 Å². The fourth-order valence-corrected chi connectivity index (χ4v) is 1.19. The molecule has 2 N–H and O–H groups in total. The van der Waals surface area contributed by atoms with Gasteiger partial charge in [-0.05, 0) is 19.4 Å². The third kappa shape index (κ3) is 4.63. The first-order valence-corrected chi connectivity index (χ1v) is 5.27. The van der Waals surface area contributed by atoms with E-state index in [1.165, 1.54) is 0 Å². The fraction of sp³-hybridized carbons (Fsp3) is 0.455. The Bertz CT molecular complexity index is 325. The van der Waals surface area contributed by atoms with Crippen molar-refractivity contribution in [1.82, 2.24) is 4.98 Å². The van der Waals surface area contributed by atoms with Crippen LogP contribution in [0.15, 0.2) is 18.3 Å². The van der Waals surface area contributed by atoms with E-state index in [0.717, 1.165) is 5.69 Å². The first kappa shape index (κ1) is 12.3. The lowest BCUT2D eigenvalue weighted by Gasteiger charge is -2.06. The molecule has 0 aliphatic heterocycles. The van der Waals surface area contributed by atoms with Crippen LogP contribution in [-0.2, 0) is 4.79 Å². The molecule has 16 heavy (non-hydrogen) atoms. The summed E-state index contributed by atoms with van der Waals surface area (Å²) >= 11 is 0. The summed E-state index contributed by atoms with van der Waals surface area (Å²) in [4.78, 5) is 14.4. The van der Waals surface area contributed by atoms with Crippen LogP contribution in [0.4, 0.5) is 5.69 Å². The van der Waals surface area contributed by atoms with Crippen LogP contribution in [0, 0.1) is 0 Å². The Morgan fingerprint density at radius 3 is 2.94 bits per heavy atom. The Hall–Kier alpha value is -1.78. The smallest absolute Gasteiger partial charge is 0.303 e. The minimum Gasteiger partial charge on any atom is -0.481 e. The third-order valence-electron chi connectivity index (χ3n) is 1.93. The van der Waals surface area contributed by atoms with Crippen LogP contribution in [0.3, 0.4) is 0 Å². The van der Waals surface area contributed by atoms with Crippen molar-refractivity contribution in [2.45, 2.75) is 19.8 Å². The monoisotopic (exact) mass is 224 g/mol. The topological polar surface area (TPSA) is 71.5 Å². The van der Waals surface area contributed by atoms with Gasteiger partial charge in [-0.25, -0.2) is 4.98 Å². The van der Waals surface area contributed by atoms with Gasteiger partial charge >= 0.3 is 5.97 Å². The van der Waals surface area contributed by atoms with Gasteiger partial charge in [0.15, 0.2) is 0 Å². The highest BCUT2D eigenvalue weighted by Crippen LogP contribution is 2.11. The predicted molar refractivity (Wildman–Crippen MR) is 60.8 cm³/mol. The summed E-state index contributed by atoms with van der Waals surface area (Å²) in [5.41, 5.74) is 0.869. The molecule has 0 radical (unpaired) electrons. The van der Waals surface area contributed by atoms with Crippen LogP contribution in [-0.4, -0.2) is 29.2 Å². The molecule has 0 amide bonds. The quantitative estimate of drug-likeness (QED) is 0.690. The highest BCUT2D eigenvalue weighted by atomic mass is 16.5. The van der Waals surface area contributed by atoms with Gasteiger partial charge in [-0.3, -0.25) is 4.79 Å². The zero-order chi connectivity index (χ0) is 11.8. The van der Waals surface area contributed by atoms with Gasteiger partial charge in [-0.1, -0.05) is 0 Å². The summed E-state index contributed by atoms with van der Waals surface area (Å²) in [7, 11) is 0. The van der Waals surface area contributed by atoms with E-state index in [9.17, 15) is 4.79 Å². The van der Waals surface area contributed by atoms with Gasteiger partial charge in [0.25, 0.3) is 0 Å². The molecule has 0 atom stereocenters. The fourth-order valence-electron chi connectivity index (χ4n) is 1.19. The van der Waals surface area contributed by atoms with Gasteiger partial charge in [0, 0.05) is 19.0 Å². The predicted octanol–water partition coefficient (Wildman–Crippen LogP) is 1.76. The molecule has 0 aromatic carbocycles. The normalized spacial score (nSPS) is 9.81. The lowest BCUT2D eigenvalue weighted by atomic mass is 10.3. The number of pyridine rings is 1. The van der Waals surface area contributed by atoms with Crippen molar-refractivity contribution in [1.29, 1.82) is 0 Å². The Kier molecular flexibility index (Phi) is 5.11. The Labute approximate surface area is 94.5 Å². The van der Waals surface area contributed by atoms with E-state index in [2.05, 4.69) is 10.3 Å². The summed E-state index contributed by atoms with van der Waals surface area (Å²) in [5.74, 6) is -0.176. The van der Waals surface area contributed by atoms with Crippen LogP contribution >= 0.6 is 0 Å². The molecule has 0 fully saturated rings. The minimum atomic E-state index is -0.772. The SMILES string of the molecule is CCOc1ccc(NCCCC(=O)O)cn1. The second-order valence-corrected chi connectivity index (χ2v) is 3.24. The van der Waals surface area contributed by atoms with Crippen LogP contribution < -0.4 is 10.1 Å². The van der Waals surface area contributed by atoms with Crippen LogP contribution in [0.25, 0.3) is 0 Å². The maximum absolute atomic E-state index is 10.3. The van der Waals surface area contributed by atoms with Gasteiger partial charge in [0.05, 0.1) is 18.5 Å². The second-order valence-electron chi connectivity index (χ2n) is 3.24. The van der Waals surface area contributed by atoms with E-state index in [-0.39, 0.29) is 6.42 Å². The molecular formula is C11H16N2O3. The minimum absolute atomic E-state index is 0.178. The molecule has 1 heterocycles. The summed E-state index contributed by atoms with van der Waals surface area (Å²) in [6.07, 6.45) is 2.45. The number of anilines is 1. The van der Waals surface area contributed by atoms with Crippen molar-refractivity contribution in [3.63, 3.8) is 0 Å². The molecule has 0 spiro atoms. The maximum Gasteiger partial charge on any atom is 0.303 e. The highest BCUT2D eigenvalue weighted by molar-refractivity contribution is 5.66. The van der Waals surface area contributed by atoms with Crippen molar-refractivity contribution in [3.05, 3.63) is 18.3 Å². The Morgan fingerprint density at radius 2 is 2.38 bits per heavy atom. The lowest BCUT2D eigenvalue weighted by Crippen LogP contribution is -2.05. The summed E-state index contributed by atoms with van der Waals surface area (Å²) in [6, 6.07) is 3.64. The molecule has 0 saturated carbocycles. The number of carbonyl (C=O) groups is 1. The molecular weight excluding hydrogens is 208 g/mol. The molecule has 1 rings (SSSR count). The third-order valence-corrected chi connectivity index (χ3v) is 1.93. The standard InChI is InChI=1S/C11H16N2O3/c1-2-16-10-6-5-9(8-13-10)12-7-3-4-11(14)15/h5-6,8,12H,2-4,7H2,1H3,(H,14,15). The average Bonchev–Trinajstić information content (AvgIpc) is 2.27. The molecule has 0 aliphatic carbocycles. The van der Waals surface area contributed by atoms with Gasteiger partial charge < -0.3 is 15.2 Å². The first-order valence-electron chi connectivity index (χ1n) is 5.27. The summed E-state index contributed by atoms with van der Waals surface area (Å²) < 4.78 is 5.20. The lowest BCUT2D eigenvalue weighted by molar-refractivity contribution is -0.137. The van der Waals surface area contributed by atoms with Gasteiger partial charge in [0.2, 0.25) is 5.88 Å². The summed E-state index contributed by atoms with van der Waals surface area (Å²) in [5, 5.41) is 11.5. The Morgan fingerprint density at radius 1 is 1.56 bits per heavy atom. The number of hydrogen-bond donors (Lipinski definition) is 2. The van der Waals surface area contributed by atoms with Crippen molar-refractivity contribution < 1.29 is 14.6 Å². The van der Waals surface area contributed by atoms with E-state index >= 15 is 0 Å². The number of carboxylic acids is 1. The molecule has 0 saturated heterocycles. The number of carboxylic acid groups (broad SMARTS) is 1. The largest absolute Gasteiger partial charge is 0.481 e. The van der Waals surface area contributed by atoms with Crippen molar-refractivity contribution in [2.24, 2.45) is 0 Å². The van der Waals surface area contributed by atoms with Crippen LogP contribution in [0.1, 0.15) is 19.8 Å². The van der Waals surface area contributed by atoms with E-state index < -0.39 is 5.97 Å². The number of rotatable bonds is 7. The average molecular weight is 224 g/mol. The molecule has 5 nitrogen and oxygen atoms in total. The number of aliphatic carboxylic acids is 1. The zero-order valence-corrected chi connectivity index (χ0v) is 9.27. The highest BCUT2D eigenvalue weighted by Gasteiger charge is 1.98. The summed E-state index contributed by atoms with van der Waals surface area (Å²) in [6.45, 7) is 3.13. The molecule has 0 bridgehead atoms. The molecule has 0 unspecified atom stereocenters. The molecule has 88 valence electrons. The molecule has 0 aliphatic rings. The number of ether oxygens (including phenoxy) is 1. The van der Waals surface area contributed by atoms with Crippen LogP contribution in [0.5, 0.6) is 5.88 Å². The van der Waals surface area contributed by atoms with E-state index in [1.54, 1.807) is 12.3 Å². The van der Waals surface area contributed by atoms with Gasteiger partial charge in [-0.2, -0.15) is 0 Å². The van der Waals surface area contributed by atoms with E-state index in [0.29, 0.717) is 25.5 Å². The zero-order valence-electron chi connectivity index (χ0n) is 9.27. The van der Waals surface area contributed by atoms with E-state index in [4.69, 9.17) is 9.84 Å². The first-order chi connectivity index (χ1) is 7.72. The number of aromatic nitrogens is 1.